The lowest BCUT2D eigenvalue weighted by molar-refractivity contribution is -0.385. The molecule has 0 aliphatic carbocycles. The van der Waals surface area contributed by atoms with Gasteiger partial charge >= 0.3 is 0 Å². The van der Waals surface area contributed by atoms with Crippen molar-refractivity contribution in [3.05, 3.63) is 99.6 Å². The third kappa shape index (κ3) is 6.58. The maximum Gasteiger partial charge on any atom is 0.276 e. The number of nitrogens with zero attached hydrogens (tertiary/aromatic N) is 3. The Bertz CT molecular complexity index is 1120. The van der Waals surface area contributed by atoms with Crippen molar-refractivity contribution < 1.29 is 14.4 Å². The first-order valence-electron chi connectivity index (χ1n) is 9.63. The molecule has 32 heavy (non-hydrogen) atoms. The van der Waals surface area contributed by atoms with Crippen molar-refractivity contribution in [2.24, 2.45) is 15.9 Å². The zero-order valence-corrected chi connectivity index (χ0v) is 18.2. The minimum Gasteiger partial charge on any atom is -0.493 e. The second-order valence-electron chi connectivity index (χ2n) is 6.54. The van der Waals surface area contributed by atoms with Gasteiger partial charge in [-0.05, 0) is 35.4 Å². The third-order valence-corrected chi connectivity index (χ3v) is 5.21. The van der Waals surface area contributed by atoms with E-state index in [1.165, 1.54) is 24.9 Å². The molecule has 0 aliphatic rings. The number of thioether (sulfide) groups is 1. The van der Waals surface area contributed by atoms with E-state index in [1.54, 1.807) is 42.6 Å². The molecule has 0 radical (unpaired) electrons. The summed E-state index contributed by atoms with van der Waals surface area (Å²) in [4.78, 5) is 10.7. The van der Waals surface area contributed by atoms with E-state index >= 15 is 0 Å². The van der Waals surface area contributed by atoms with Gasteiger partial charge in [-0.25, -0.2) is 0 Å². The molecule has 3 aromatic rings. The largest absolute Gasteiger partial charge is 0.493 e. The van der Waals surface area contributed by atoms with Crippen molar-refractivity contribution in [3.8, 4) is 11.5 Å². The van der Waals surface area contributed by atoms with E-state index in [4.69, 9.17) is 15.2 Å². The van der Waals surface area contributed by atoms with Crippen LogP contribution in [0, 0.1) is 10.1 Å². The van der Waals surface area contributed by atoms with Crippen LogP contribution < -0.4 is 15.2 Å². The van der Waals surface area contributed by atoms with Gasteiger partial charge in [0.2, 0.25) is 0 Å². The monoisotopic (exact) mass is 450 g/mol. The molecule has 0 spiro atoms. The maximum atomic E-state index is 11.2. The number of hydrogen-bond donors (Lipinski definition) is 1. The SMILES string of the molecule is COc1cc(C=NN=C(N)SCc2ccccc2)ccc1OCc1ccccc1[N+](=O)[O-]. The van der Waals surface area contributed by atoms with Crippen LogP contribution in [-0.2, 0) is 12.4 Å². The summed E-state index contributed by atoms with van der Waals surface area (Å²) in [6.07, 6.45) is 1.56. The highest BCUT2D eigenvalue weighted by atomic mass is 32.2. The van der Waals surface area contributed by atoms with Crippen molar-refractivity contribution in [1.29, 1.82) is 0 Å². The molecule has 0 fully saturated rings. The zero-order chi connectivity index (χ0) is 22.8. The van der Waals surface area contributed by atoms with Crippen LogP contribution in [0.3, 0.4) is 0 Å². The summed E-state index contributed by atoms with van der Waals surface area (Å²) in [7, 11) is 1.52. The Morgan fingerprint density at radius 3 is 2.59 bits per heavy atom. The van der Waals surface area contributed by atoms with Gasteiger partial charge in [-0.2, -0.15) is 5.10 Å². The summed E-state index contributed by atoms with van der Waals surface area (Å²) >= 11 is 1.40. The van der Waals surface area contributed by atoms with E-state index < -0.39 is 4.92 Å². The summed E-state index contributed by atoms with van der Waals surface area (Å²) < 4.78 is 11.1. The molecule has 3 aromatic carbocycles. The van der Waals surface area contributed by atoms with Gasteiger partial charge in [-0.3, -0.25) is 10.1 Å². The van der Waals surface area contributed by atoms with Crippen LogP contribution in [0.4, 0.5) is 5.69 Å². The van der Waals surface area contributed by atoms with Gasteiger partial charge in [0.15, 0.2) is 16.7 Å². The quantitative estimate of drug-likeness (QED) is 0.218. The Labute approximate surface area is 189 Å². The van der Waals surface area contributed by atoms with E-state index in [-0.39, 0.29) is 12.3 Å². The van der Waals surface area contributed by atoms with Gasteiger partial charge in [-0.15, -0.1) is 5.10 Å². The van der Waals surface area contributed by atoms with E-state index in [0.717, 1.165) is 11.1 Å². The number of nitrogens with two attached hydrogens (primary N) is 1. The van der Waals surface area contributed by atoms with Crippen LogP contribution in [0.5, 0.6) is 11.5 Å². The Balaban J connectivity index is 1.61. The fraction of sp³-hybridized carbons (Fsp3) is 0.130. The second kappa shape index (κ2) is 11.5. The number of nitro benzene ring substituents is 1. The molecule has 164 valence electrons. The fourth-order valence-corrected chi connectivity index (χ4v) is 3.37. The first kappa shape index (κ1) is 22.8. The smallest absolute Gasteiger partial charge is 0.276 e. The number of rotatable bonds is 9. The maximum absolute atomic E-state index is 11.2. The number of methoxy groups -OCH3 is 1. The molecule has 0 unspecified atom stereocenters. The molecule has 0 atom stereocenters. The third-order valence-electron chi connectivity index (χ3n) is 4.35. The number of hydrogen-bond acceptors (Lipinski definition) is 7. The molecule has 0 aliphatic heterocycles. The average Bonchev–Trinajstić information content (AvgIpc) is 2.82. The van der Waals surface area contributed by atoms with Gasteiger partial charge in [0.1, 0.15) is 6.61 Å². The predicted octanol–water partition coefficient (Wildman–Crippen LogP) is 4.76. The number of nitro groups is 1. The molecule has 2 N–H and O–H groups in total. The van der Waals surface area contributed by atoms with Crippen molar-refractivity contribution in [2.75, 3.05) is 7.11 Å². The molecule has 0 bridgehead atoms. The Hall–Kier alpha value is -3.85. The number of amidine groups is 1. The minimum absolute atomic E-state index is 0.0100. The highest BCUT2D eigenvalue weighted by molar-refractivity contribution is 8.13. The van der Waals surface area contributed by atoms with Crippen molar-refractivity contribution >= 4 is 28.8 Å². The number of ether oxygens (including phenoxy) is 2. The number of benzene rings is 3. The summed E-state index contributed by atoms with van der Waals surface area (Å²) in [6, 6.07) is 21.6. The summed E-state index contributed by atoms with van der Waals surface area (Å²) in [5, 5.41) is 19.5. The lowest BCUT2D eigenvalue weighted by Crippen LogP contribution is -2.06. The molecular weight excluding hydrogens is 428 g/mol. The van der Waals surface area contributed by atoms with Crippen LogP contribution >= 0.6 is 11.8 Å². The van der Waals surface area contributed by atoms with E-state index in [1.807, 2.05) is 30.3 Å². The van der Waals surface area contributed by atoms with Crippen LogP contribution in [0.15, 0.2) is 83.0 Å². The van der Waals surface area contributed by atoms with Gasteiger partial charge in [0.05, 0.1) is 23.8 Å². The van der Waals surface area contributed by atoms with Crippen molar-refractivity contribution in [1.82, 2.24) is 0 Å². The molecule has 0 aromatic heterocycles. The average molecular weight is 451 g/mol. The second-order valence-corrected chi connectivity index (χ2v) is 7.54. The molecule has 0 heterocycles. The zero-order valence-electron chi connectivity index (χ0n) is 17.4. The van der Waals surface area contributed by atoms with Gasteiger partial charge < -0.3 is 15.2 Å². The molecule has 0 saturated carbocycles. The number of para-hydroxylation sites is 1. The molecular formula is C23H22N4O4S. The summed E-state index contributed by atoms with van der Waals surface area (Å²) in [6.45, 7) is 0.0421. The van der Waals surface area contributed by atoms with E-state index in [9.17, 15) is 10.1 Å². The van der Waals surface area contributed by atoms with Crippen molar-refractivity contribution in [3.63, 3.8) is 0 Å². The van der Waals surface area contributed by atoms with Crippen molar-refractivity contribution in [2.45, 2.75) is 12.4 Å². The predicted molar refractivity (Wildman–Crippen MR) is 127 cm³/mol. The molecule has 8 nitrogen and oxygen atoms in total. The molecule has 0 amide bonds. The normalized spacial score (nSPS) is 11.5. The van der Waals surface area contributed by atoms with Crippen LogP contribution in [0.1, 0.15) is 16.7 Å². The first-order valence-corrected chi connectivity index (χ1v) is 10.6. The Morgan fingerprint density at radius 1 is 1.09 bits per heavy atom. The highest BCUT2D eigenvalue weighted by Crippen LogP contribution is 2.29. The molecule has 3 rings (SSSR count). The van der Waals surface area contributed by atoms with Gasteiger partial charge in [0, 0.05) is 11.8 Å². The standard InChI is InChI=1S/C23H22N4O4S/c1-30-22-13-18(14-25-26-23(24)32-16-17-7-3-2-4-8-17)11-12-21(22)31-15-19-9-5-6-10-20(19)27(28)29/h2-14H,15-16H2,1H3,(H2,24,26). The molecule has 0 saturated heterocycles. The molecule has 9 heteroatoms. The van der Waals surface area contributed by atoms with Crippen LogP contribution in [-0.4, -0.2) is 23.4 Å². The topological polar surface area (TPSA) is 112 Å². The van der Waals surface area contributed by atoms with E-state index in [0.29, 0.717) is 28.0 Å². The first-order chi connectivity index (χ1) is 15.6. The van der Waals surface area contributed by atoms with Crippen LogP contribution in [0.2, 0.25) is 0 Å². The summed E-state index contributed by atoms with van der Waals surface area (Å²) in [5.41, 5.74) is 8.28. The summed E-state index contributed by atoms with van der Waals surface area (Å²) in [5.74, 6) is 1.65. The van der Waals surface area contributed by atoms with Gasteiger partial charge in [-0.1, -0.05) is 54.2 Å². The fourth-order valence-electron chi connectivity index (χ4n) is 2.76. The lowest BCUT2D eigenvalue weighted by Gasteiger charge is -2.11. The Kier molecular flexibility index (Phi) is 8.22. The highest BCUT2D eigenvalue weighted by Gasteiger charge is 2.14. The van der Waals surface area contributed by atoms with Gasteiger partial charge in [0.25, 0.3) is 5.69 Å². The Morgan fingerprint density at radius 2 is 1.84 bits per heavy atom. The lowest BCUT2D eigenvalue weighted by atomic mass is 10.2. The minimum atomic E-state index is -0.431. The van der Waals surface area contributed by atoms with Crippen LogP contribution in [0.25, 0.3) is 0 Å². The van der Waals surface area contributed by atoms with E-state index in [2.05, 4.69) is 10.2 Å².